The summed E-state index contributed by atoms with van der Waals surface area (Å²) in [4.78, 5) is 30.5. The molecule has 0 spiro atoms. The van der Waals surface area contributed by atoms with E-state index in [0.29, 0.717) is 22.7 Å². The van der Waals surface area contributed by atoms with Crippen LogP contribution in [0, 0.1) is 10.1 Å². The van der Waals surface area contributed by atoms with Gasteiger partial charge in [-0.15, -0.1) is 0 Å². The molecule has 1 heterocycles. The standard InChI is InChI=1S/C20H18N4O7/c1-28-14-8-9-16(29-2)15(10-14)23-18-17(24(26)27)19(22-11-21-18)31-13-6-4-12(5-7-13)20(25)30-3/h4-11H,1-3H3,(H,21,22,23). The van der Waals surface area contributed by atoms with Crippen LogP contribution in [0.4, 0.5) is 17.2 Å². The molecular formula is C20H18N4O7. The maximum Gasteiger partial charge on any atom is 0.373 e. The molecule has 2 aromatic carbocycles. The van der Waals surface area contributed by atoms with Gasteiger partial charge in [-0.25, -0.2) is 9.78 Å². The molecule has 0 aliphatic heterocycles. The average Bonchev–Trinajstić information content (AvgIpc) is 2.79. The Morgan fingerprint density at radius 3 is 2.32 bits per heavy atom. The van der Waals surface area contributed by atoms with Gasteiger partial charge in [0.2, 0.25) is 5.82 Å². The number of nitrogens with zero attached hydrogens (tertiary/aromatic N) is 3. The monoisotopic (exact) mass is 426 g/mol. The molecule has 0 radical (unpaired) electrons. The molecule has 0 amide bonds. The van der Waals surface area contributed by atoms with Gasteiger partial charge in [-0.05, 0) is 36.4 Å². The number of nitro groups is 1. The fourth-order valence-corrected chi connectivity index (χ4v) is 2.62. The Hall–Kier alpha value is -4.41. The molecule has 3 rings (SSSR count). The predicted molar refractivity (Wildman–Crippen MR) is 109 cm³/mol. The average molecular weight is 426 g/mol. The number of hydrogen-bond donors (Lipinski definition) is 1. The number of hydrogen-bond acceptors (Lipinski definition) is 10. The number of rotatable bonds is 8. The second kappa shape index (κ2) is 9.39. The third kappa shape index (κ3) is 4.78. The Labute approximate surface area is 176 Å². The first-order valence-electron chi connectivity index (χ1n) is 8.81. The quantitative estimate of drug-likeness (QED) is 0.322. The van der Waals surface area contributed by atoms with Crippen molar-refractivity contribution in [3.8, 4) is 23.1 Å². The third-order valence-electron chi connectivity index (χ3n) is 4.12. The second-order valence-corrected chi connectivity index (χ2v) is 5.94. The zero-order chi connectivity index (χ0) is 22.4. The summed E-state index contributed by atoms with van der Waals surface area (Å²) in [7, 11) is 4.23. The van der Waals surface area contributed by atoms with Crippen LogP contribution in [0.2, 0.25) is 0 Å². The number of methoxy groups -OCH3 is 3. The molecule has 0 bridgehead atoms. The number of anilines is 2. The molecule has 0 unspecified atom stereocenters. The number of nitrogens with one attached hydrogen (secondary N) is 1. The first-order valence-corrected chi connectivity index (χ1v) is 8.81. The first kappa shape index (κ1) is 21.3. The molecule has 0 saturated carbocycles. The van der Waals surface area contributed by atoms with Crippen LogP contribution in [-0.4, -0.2) is 42.2 Å². The van der Waals surface area contributed by atoms with E-state index in [1.54, 1.807) is 18.2 Å². The Morgan fingerprint density at radius 1 is 1.00 bits per heavy atom. The lowest BCUT2D eigenvalue weighted by Gasteiger charge is -2.13. The number of carbonyl (C=O) groups excluding carboxylic acids is 1. The summed E-state index contributed by atoms with van der Waals surface area (Å²) in [6.07, 6.45) is 1.13. The number of ether oxygens (including phenoxy) is 4. The van der Waals surface area contributed by atoms with Crippen LogP contribution in [0.25, 0.3) is 0 Å². The van der Waals surface area contributed by atoms with Crippen molar-refractivity contribution in [2.45, 2.75) is 0 Å². The van der Waals surface area contributed by atoms with Gasteiger partial charge in [0.1, 0.15) is 23.6 Å². The van der Waals surface area contributed by atoms with Crippen LogP contribution in [0.5, 0.6) is 23.1 Å². The topological polar surface area (TPSA) is 135 Å². The van der Waals surface area contributed by atoms with Crippen molar-refractivity contribution in [2.24, 2.45) is 0 Å². The Balaban J connectivity index is 1.95. The van der Waals surface area contributed by atoms with Gasteiger partial charge >= 0.3 is 17.5 Å². The third-order valence-corrected chi connectivity index (χ3v) is 4.12. The van der Waals surface area contributed by atoms with Crippen LogP contribution in [0.3, 0.4) is 0 Å². The van der Waals surface area contributed by atoms with Crippen LogP contribution < -0.4 is 19.5 Å². The molecule has 0 fully saturated rings. The smallest absolute Gasteiger partial charge is 0.373 e. The lowest BCUT2D eigenvalue weighted by molar-refractivity contribution is -0.385. The summed E-state index contributed by atoms with van der Waals surface area (Å²) in [6.45, 7) is 0. The van der Waals surface area contributed by atoms with Gasteiger partial charge in [-0.1, -0.05) is 0 Å². The zero-order valence-corrected chi connectivity index (χ0v) is 16.8. The molecule has 0 atom stereocenters. The van der Waals surface area contributed by atoms with Gasteiger partial charge < -0.3 is 24.3 Å². The molecule has 0 aliphatic carbocycles. The zero-order valence-electron chi connectivity index (χ0n) is 16.8. The van der Waals surface area contributed by atoms with Crippen molar-refractivity contribution in [1.29, 1.82) is 0 Å². The normalized spacial score (nSPS) is 10.2. The van der Waals surface area contributed by atoms with Crippen molar-refractivity contribution in [3.05, 3.63) is 64.5 Å². The minimum atomic E-state index is -0.660. The van der Waals surface area contributed by atoms with E-state index >= 15 is 0 Å². The predicted octanol–water partition coefficient (Wildman–Crippen LogP) is 3.72. The summed E-state index contributed by atoms with van der Waals surface area (Å²) in [5.41, 5.74) is 0.223. The van der Waals surface area contributed by atoms with Crippen molar-refractivity contribution in [1.82, 2.24) is 9.97 Å². The number of esters is 1. The van der Waals surface area contributed by atoms with Crippen molar-refractivity contribution in [2.75, 3.05) is 26.6 Å². The van der Waals surface area contributed by atoms with Gasteiger partial charge in [-0.3, -0.25) is 10.1 Å². The molecule has 31 heavy (non-hydrogen) atoms. The lowest BCUT2D eigenvalue weighted by Crippen LogP contribution is -2.05. The van der Waals surface area contributed by atoms with Crippen LogP contribution >= 0.6 is 0 Å². The molecule has 3 aromatic rings. The van der Waals surface area contributed by atoms with E-state index in [1.165, 1.54) is 45.6 Å². The van der Waals surface area contributed by atoms with E-state index in [4.69, 9.17) is 14.2 Å². The molecular weight excluding hydrogens is 408 g/mol. The minimum absolute atomic E-state index is 0.104. The van der Waals surface area contributed by atoms with Crippen molar-refractivity contribution in [3.63, 3.8) is 0 Å². The van der Waals surface area contributed by atoms with E-state index in [-0.39, 0.29) is 17.4 Å². The molecule has 0 aliphatic rings. The summed E-state index contributed by atoms with van der Waals surface area (Å²) in [6, 6.07) is 10.8. The van der Waals surface area contributed by atoms with Crippen LogP contribution in [-0.2, 0) is 4.74 Å². The Bertz CT molecular complexity index is 1100. The van der Waals surface area contributed by atoms with Gasteiger partial charge in [0, 0.05) is 6.07 Å². The first-order chi connectivity index (χ1) is 15.0. The van der Waals surface area contributed by atoms with E-state index in [1.807, 2.05) is 0 Å². The highest BCUT2D eigenvalue weighted by Crippen LogP contribution is 2.38. The fraction of sp³-hybridized carbons (Fsp3) is 0.150. The molecule has 1 N–H and O–H groups in total. The molecule has 11 heteroatoms. The van der Waals surface area contributed by atoms with E-state index < -0.39 is 16.6 Å². The van der Waals surface area contributed by atoms with E-state index in [9.17, 15) is 14.9 Å². The molecule has 160 valence electrons. The van der Waals surface area contributed by atoms with Crippen LogP contribution in [0.15, 0.2) is 48.8 Å². The second-order valence-electron chi connectivity index (χ2n) is 5.94. The summed E-state index contributed by atoms with van der Waals surface area (Å²) in [5, 5.41) is 14.6. The van der Waals surface area contributed by atoms with Crippen molar-refractivity contribution < 1.29 is 28.7 Å². The SMILES string of the molecule is COC(=O)c1ccc(Oc2ncnc(Nc3cc(OC)ccc3OC)c2[N+](=O)[O-])cc1. The Kier molecular flexibility index (Phi) is 6.45. The number of aromatic nitrogens is 2. The maximum atomic E-state index is 11.8. The van der Waals surface area contributed by atoms with Gasteiger partial charge in [-0.2, -0.15) is 4.98 Å². The maximum absolute atomic E-state index is 11.8. The van der Waals surface area contributed by atoms with Crippen LogP contribution in [0.1, 0.15) is 10.4 Å². The van der Waals surface area contributed by atoms with Gasteiger partial charge in [0.25, 0.3) is 0 Å². The van der Waals surface area contributed by atoms with Gasteiger partial charge in [0.15, 0.2) is 0 Å². The molecule has 0 saturated heterocycles. The minimum Gasteiger partial charge on any atom is -0.497 e. The summed E-state index contributed by atoms with van der Waals surface area (Å²) in [5.74, 6) is 0.275. The largest absolute Gasteiger partial charge is 0.497 e. The number of carbonyl (C=O) groups is 1. The number of benzene rings is 2. The summed E-state index contributed by atoms with van der Waals surface area (Å²) < 4.78 is 20.7. The van der Waals surface area contributed by atoms with E-state index in [0.717, 1.165) is 6.33 Å². The van der Waals surface area contributed by atoms with E-state index in [2.05, 4.69) is 20.0 Å². The Morgan fingerprint density at radius 2 is 1.71 bits per heavy atom. The van der Waals surface area contributed by atoms with Crippen molar-refractivity contribution >= 4 is 23.2 Å². The lowest BCUT2D eigenvalue weighted by atomic mass is 10.2. The highest BCUT2D eigenvalue weighted by Gasteiger charge is 2.26. The summed E-state index contributed by atoms with van der Waals surface area (Å²) >= 11 is 0. The molecule has 11 nitrogen and oxygen atoms in total. The molecule has 1 aromatic heterocycles. The van der Waals surface area contributed by atoms with Gasteiger partial charge in [0.05, 0.1) is 37.5 Å². The highest BCUT2D eigenvalue weighted by atomic mass is 16.6. The highest BCUT2D eigenvalue weighted by molar-refractivity contribution is 5.89. The fourth-order valence-electron chi connectivity index (χ4n) is 2.62.